The highest BCUT2D eigenvalue weighted by atomic mass is 16.5. The molecule has 2 aromatic rings. The Morgan fingerprint density at radius 1 is 1.26 bits per heavy atom. The lowest BCUT2D eigenvalue weighted by molar-refractivity contribution is 0.199. The Hall–Kier alpha value is -1.69. The van der Waals surface area contributed by atoms with Crippen molar-refractivity contribution in [3.63, 3.8) is 0 Å². The van der Waals surface area contributed by atoms with Gasteiger partial charge in [0.15, 0.2) is 5.82 Å². The van der Waals surface area contributed by atoms with Gasteiger partial charge >= 0.3 is 0 Å². The van der Waals surface area contributed by atoms with Crippen molar-refractivity contribution in [2.45, 2.75) is 39.2 Å². The number of hydrogen-bond donors (Lipinski definition) is 0. The smallest absolute Gasteiger partial charge is 0.213 e. The number of rotatable bonds is 3. The van der Waals surface area contributed by atoms with Crippen LogP contribution in [0.1, 0.15) is 41.6 Å². The average molecular weight is 262 g/mol. The molecule has 2 aromatic heterocycles. The summed E-state index contributed by atoms with van der Waals surface area (Å²) >= 11 is 0. The molecule has 6 heteroatoms. The zero-order valence-corrected chi connectivity index (χ0v) is 11.3. The Labute approximate surface area is 111 Å². The maximum atomic E-state index is 5.21. The van der Waals surface area contributed by atoms with E-state index in [0.717, 1.165) is 49.8 Å². The van der Waals surface area contributed by atoms with E-state index < -0.39 is 0 Å². The van der Waals surface area contributed by atoms with E-state index in [-0.39, 0.29) is 0 Å². The summed E-state index contributed by atoms with van der Waals surface area (Å²) in [5.41, 5.74) is 2.22. The zero-order valence-electron chi connectivity index (χ0n) is 11.3. The summed E-state index contributed by atoms with van der Waals surface area (Å²) in [6, 6.07) is 0. The van der Waals surface area contributed by atoms with Gasteiger partial charge < -0.3 is 9.05 Å². The van der Waals surface area contributed by atoms with Crippen LogP contribution in [0.25, 0.3) is 0 Å². The fourth-order valence-corrected chi connectivity index (χ4v) is 2.66. The van der Waals surface area contributed by atoms with Crippen LogP contribution in [0.2, 0.25) is 0 Å². The molecule has 3 rings (SSSR count). The Morgan fingerprint density at radius 2 is 2.05 bits per heavy atom. The number of aromatic nitrogens is 3. The lowest BCUT2D eigenvalue weighted by Gasteiger charge is -2.30. The molecule has 0 radical (unpaired) electrons. The predicted octanol–water partition coefficient (Wildman–Crippen LogP) is 2.05. The molecule has 0 unspecified atom stereocenters. The number of nitrogens with zero attached hydrogens (tertiary/aromatic N) is 4. The van der Waals surface area contributed by atoms with Crippen molar-refractivity contribution in [3.05, 3.63) is 29.2 Å². The molecule has 19 heavy (non-hydrogen) atoms. The number of piperidine rings is 1. The van der Waals surface area contributed by atoms with Gasteiger partial charge in [-0.2, -0.15) is 4.98 Å². The number of aryl methyl sites for hydroxylation is 2. The minimum Gasteiger partial charge on any atom is -0.361 e. The highest BCUT2D eigenvalue weighted by molar-refractivity contribution is 5.20. The van der Waals surface area contributed by atoms with E-state index in [2.05, 4.69) is 20.2 Å². The van der Waals surface area contributed by atoms with Gasteiger partial charge in [0.25, 0.3) is 0 Å². The number of hydrogen-bond acceptors (Lipinski definition) is 6. The lowest BCUT2D eigenvalue weighted by atomic mass is 9.96. The minimum atomic E-state index is 0.430. The van der Waals surface area contributed by atoms with Crippen molar-refractivity contribution in [1.82, 2.24) is 20.2 Å². The Morgan fingerprint density at radius 3 is 2.63 bits per heavy atom. The number of likely N-dealkylation sites (tertiary alicyclic amines) is 1. The first-order valence-corrected chi connectivity index (χ1v) is 6.64. The van der Waals surface area contributed by atoms with Crippen LogP contribution in [-0.4, -0.2) is 33.3 Å². The van der Waals surface area contributed by atoms with Gasteiger partial charge in [-0.1, -0.05) is 10.3 Å². The zero-order chi connectivity index (χ0) is 13.2. The third-order valence-corrected chi connectivity index (χ3v) is 3.89. The fourth-order valence-electron chi connectivity index (χ4n) is 2.66. The van der Waals surface area contributed by atoms with Gasteiger partial charge in [-0.25, -0.2) is 0 Å². The summed E-state index contributed by atoms with van der Waals surface area (Å²) in [6.07, 6.45) is 3.55. The predicted molar refractivity (Wildman–Crippen MR) is 67.5 cm³/mol. The van der Waals surface area contributed by atoms with E-state index in [1.807, 2.05) is 13.8 Å². The molecule has 3 heterocycles. The molecule has 0 bridgehead atoms. The van der Waals surface area contributed by atoms with Crippen molar-refractivity contribution < 1.29 is 9.05 Å². The van der Waals surface area contributed by atoms with E-state index in [4.69, 9.17) is 9.05 Å². The molecule has 1 aliphatic heterocycles. The van der Waals surface area contributed by atoms with Gasteiger partial charge in [0.05, 0.1) is 5.69 Å². The summed E-state index contributed by atoms with van der Waals surface area (Å²) in [7, 11) is 0. The van der Waals surface area contributed by atoms with Crippen molar-refractivity contribution in [1.29, 1.82) is 0 Å². The molecule has 0 saturated carbocycles. The minimum absolute atomic E-state index is 0.430. The highest BCUT2D eigenvalue weighted by Crippen LogP contribution is 2.27. The van der Waals surface area contributed by atoms with Gasteiger partial charge in [-0.3, -0.25) is 4.90 Å². The highest BCUT2D eigenvalue weighted by Gasteiger charge is 2.24. The van der Waals surface area contributed by atoms with E-state index in [1.54, 1.807) is 0 Å². The van der Waals surface area contributed by atoms with Crippen LogP contribution in [-0.2, 0) is 6.54 Å². The van der Waals surface area contributed by atoms with Gasteiger partial charge in [-0.05, 0) is 39.8 Å². The summed E-state index contributed by atoms with van der Waals surface area (Å²) < 4.78 is 10.0. The molecular formula is C13H18N4O2. The standard InChI is InChI=1S/C13H18N4O2/c1-9-12(10(2)19-15-9)7-17-5-3-11(4-6-17)13-14-8-18-16-13/h8,11H,3-7H2,1-2H3. The molecule has 0 aromatic carbocycles. The largest absolute Gasteiger partial charge is 0.361 e. The van der Waals surface area contributed by atoms with Crippen LogP contribution in [0.15, 0.2) is 15.4 Å². The van der Waals surface area contributed by atoms with Crippen LogP contribution in [0.3, 0.4) is 0 Å². The maximum Gasteiger partial charge on any atom is 0.213 e. The van der Waals surface area contributed by atoms with Gasteiger partial charge in [-0.15, -0.1) is 0 Å². The Kier molecular flexibility index (Phi) is 3.33. The lowest BCUT2D eigenvalue weighted by Crippen LogP contribution is -2.33. The van der Waals surface area contributed by atoms with Gasteiger partial charge in [0, 0.05) is 18.0 Å². The fraction of sp³-hybridized carbons (Fsp3) is 0.615. The molecule has 0 aliphatic carbocycles. The van der Waals surface area contributed by atoms with Crippen LogP contribution in [0.5, 0.6) is 0 Å². The van der Waals surface area contributed by atoms with Crippen LogP contribution < -0.4 is 0 Å². The SMILES string of the molecule is Cc1noc(C)c1CN1CCC(c2ncon2)CC1. The van der Waals surface area contributed by atoms with Gasteiger partial charge in [0.1, 0.15) is 5.76 Å². The first-order valence-electron chi connectivity index (χ1n) is 6.64. The first-order chi connectivity index (χ1) is 9.24. The van der Waals surface area contributed by atoms with Crippen LogP contribution >= 0.6 is 0 Å². The molecule has 0 atom stereocenters. The molecule has 6 nitrogen and oxygen atoms in total. The van der Waals surface area contributed by atoms with E-state index >= 15 is 0 Å². The first kappa shape index (κ1) is 12.3. The van der Waals surface area contributed by atoms with E-state index in [1.165, 1.54) is 12.0 Å². The summed E-state index contributed by atoms with van der Waals surface area (Å²) in [6.45, 7) is 6.98. The molecular weight excluding hydrogens is 244 g/mol. The third kappa shape index (κ3) is 2.53. The second kappa shape index (κ2) is 5.13. The van der Waals surface area contributed by atoms with E-state index in [9.17, 15) is 0 Å². The quantitative estimate of drug-likeness (QED) is 0.843. The second-order valence-corrected chi connectivity index (χ2v) is 5.14. The molecule has 0 spiro atoms. The van der Waals surface area contributed by atoms with Crippen molar-refractivity contribution in [3.8, 4) is 0 Å². The molecule has 0 amide bonds. The average Bonchev–Trinajstić information content (AvgIpc) is 3.05. The van der Waals surface area contributed by atoms with E-state index in [0.29, 0.717) is 5.92 Å². The molecule has 1 fully saturated rings. The molecule has 0 N–H and O–H groups in total. The van der Waals surface area contributed by atoms with Gasteiger partial charge in [0.2, 0.25) is 6.39 Å². The summed E-state index contributed by atoms with van der Waals surface area (Å²) in [4.78, 5) is 6.58. The van der Waals surface area contributed by atoms with Crippen molar-refractivity contribution in [2.75, 3.05) is 13.1 Å². The topological polar surface area (TPSA) is 68.2 Å². The molecule has 1 aliphatic rings. The normalized spacial score (nSPS) is 18.0. The van der Waals surface area contributed by atoms with Crippen LogP contribution in [0.4, 0.5) is 0 Å². The maximum absolute atomic E-state index is 5.21. The summed E-state index contributed by atoms with van der Waals surface area (Å²) in [5, 5.41) is 7.94. The molecule has 102 valence electrons. The monoisotopic (exact) mass is 262 g/mol. The third-order valence-electron chi connectivity index (χ3n) is 3.89. The Bertz CT molecular complexity index is 507. The van der Waals surface area contributed by atoms with Crippen molar-refractivity contribution in [2.24, 2.45) is 0 Å². The Balaban J connectivity index is 1.59. The van der Waals surface area contributed by atoms with Crippen LogP contribution in [0, 0.1) is 13.8 Å². The second-order valence-electron chi connectivity index (χ2n) is 5.14. The van der Waals surface area contributed by atoms with Crippen molar-refractivity contribution >= 4 is 0 Å². The summed E-state index contributed by atoms with van der Waals surface area (Å²) in [5.74, 6) is 2.20. The molecule has 1 saturated heterocycles.